The minimum Gasteiger partial charge on any atom is -0.497 e. The molecular weight excluding hydrogens is 272 g/mol. The monoisotopic (exact) mass is 292 g/mol. The number of carboxylic acids is 1. The molecule has 2 amide bonds. The number of benzene rings is 1. The predicted molar refractivity (Wildman–Crippen MR) is 78.5 cm³/mol. The summed E-state index contributed by atoms with van der Waals surface area (Å²) in [7, 11) is 1.55. The Hall–Kier alpha value is -2.24. The lowest BCUT2D eigenvalue weighted by Gasteiger charge is -2.27. The molecule has 1 aromatic rings. The SMILES string of the molecule is COc1cccc(NC(=O)NC2CCCC2(C)C(=O)O)c1. The third-order valence-corrected chi connectivity index (χ3v) is 4.08. The smallest absolute Gasteiger partial charge is 0.319 e. The van der Waals surface area contributed by atoms with E-state index in [-0.39, 0.29) is 6.04 Å². The summed E-state index contributed by atoms with van der Waals surface area (Å²) in [5.41, 5.74) is -0.298. The van der Waals surface area contributed by atoms with Crippen LogP contribution in [0.15, 0.2) is 24.3 Å². The second kappa shape index (κ2) is 6.03. The number of methoxy groups -OCH3 is 1. The van der Waals surface area contributed by atoms with Crippen molar-refractivity contribution in [1.29, 1.82) is 0 Å². The predicted octanol–water partition coefficient (Wildman–Crippen LogP) is 2.46. The Kier molecular flexibility index (Phi) is 4.35. The number of nitrogens with one attached hydrogen (secondary N) is 2. The van der Waals surface area contributed by atoms with Gasteiger partial charge in [0, 0.05) is 17.8 Å². The van der Waals surface area contributed by atoms with Gasteiger partial charge in [-0.05, 0) is 31.9 Å². The van der Waals surface area contributed by atoms with Gasteiger partial charge in [0.15, 0.2) is 0 Å². The summed E-state index contributed by atoms with van der Waals surface area (Å²) in [5, 5.41) is 14.8. The third-order valence-electron chi connectivity index (χ3n) is 4.08. The van der Waals surface area contributed by atoms with E-state index in [0.717, 1.165) is 6.42 Å². The van der Waals surface area contributed by atoms with Crippen LogP contribution in [0, 0.1) is 5.41 Å². The van der Waals surface area contributed by atoms with Crippen LogP contribution < -0.4 is 15.4 Å². The molecule has 1 aliphatic rings. The van der Waals surface area contributed by atoms with Crippen molar-refractivity contribution in [3.63, 3.8) is 0 Å². The second-order valence-electron chi connectivity index (χ2n) is 5.50. The number of anilines is 1. The first-order valence-corrected chi connectivity index (χ1v) is 6.90. The molecule has 2 rings (SSSR count). The Labute approximate surface area is 123 Å². The number of carboxylic acid groups (broad SMARTS) is 1. The van der Waals surface area contributed by atoms with Crippen molar-refractivity contribution in [2.45, 2.75) is 32.2 Å². The highest BCUT2D eigenvalue weighted by Crippen LogP contribution is 2.38. The van der Waals surface area contributed by atoms with Crippen LogP contribution >= 0.6 is 0 Å². The molecule has 0 aromatic heterocycles. The highest BCUT2D eigenvalue weighted by atomic mass is 16.5. The normalized spacial score (nSPS) is 24.4. The topological polar surface area (TPSA) is 87.7 Å². The highest BCUT2D eigenvalue weighted by Gasteiger charge is 2.45. The van der Waals surface area contributed by atoms with Gasteiger partial charge in [-0.25, -0.2) is 4.79 Å². The number of rotatable bonds is 4. The minimum atomic E-state index is -0.897. The summed E-state index contributed by atoms with van der Waals surface area (Å²) in [6.45, 7) is 1.68. The Morgan fingerprint density at radius 1 is 1.43 bits per heavy atom. The molecule has 6 heteroatoms. The molecule has 0 spiro atoms. The third kappa shape index (κ3) is 3.26. The number of urea groups is 1. The van der Waals surface area contributed by atoms with E-state index in [0.29, 0.717) is 24.3 Å². The number of ether oxygens (including phenoxy) is 1. The molecule has 2 unspecified atom stereocenters. The molecule has 0 aliphatic heterocycles. The minimum absolute atomic E-state index is 0.361. The number of hydrogen-bond acceptors (Lipinski definition) is 3. The van der Waals surface area contributed by atoms with Crippen LogP contribution in [0.25, 0.3) is 0 Å². The zero-order valence-corrected chi connectivity index (χ0v) is 12.2. The van der Waals surface area contributed by atoms with Crippen LogP contribution in [0.3, 0.4) is 0 Å². The maximum absolute atomic E-state index is 12.0. The molecule has 1 fully saturated rings. The van der Waals surface area contributed by atoms with Crippen molar-refractivity contribution in [2.75, 3.05) is 12.4 Å². The second-order valence-corrected chi connectivity index (χ2v) is 5.50. The van der Waals surface area contributed by atoms with E-state index in [1.54, 1.807) is 38.3 Å². The Morgan fingerprint density at radius 3 is 2.86 bits per heavy atom. The number of hydrogen-bond donors (Lipinski definition) is 3. The van der Waals surface area contributed by atoms with Gasteiger partial charge in [-0.2, -0.15) is 0 Å². The molecule has 21 heavy (non-hydrogen) atoms. The van der Waals surface area contributed by atoms with E-state index in [1.165, 1.54) is 0 Å². The van der Waals surface area contributed by atoms with Crippen molar-refractivity contribution in [3.8, 4) is 5.75 Å². The molecule has 1 saturated carbocycles. The van der Waals surface area contributed by atoms with Crippen LogP contribution in [0.1, 0.15) is 26.2 Å². The summed E-state index contributed by atoms with van der Waals surface area (Å²) < 4.78 is 5.08. The average molecular weight is 292 g/mol. The molecule has 0 saturated heterocycles. The first-order valence-electron chi connectivity index (χ1n) is 6.90. The Morgan fingerprint density at radius 2 is 2.19 bits per heavy atom. The first kappa shape index (κ1) is 15.2. The molecule has 6 nitrogen and oxygen atoms in total. The van der Waals surface area contributed by atoms with Crippen molar-refractivity contribution in [1.82, 2.24) is 5.32 Å². The summed E-state index contributed by atoms with van der Waals surface area (Å²) in [4.78, 5) is 23.4. The fraction of sp³-hybridized carbons (Fsp3) is 0.467. The number of carbonyl (C=O) groups excluding carboxylic acids is 1. The Balaban J connectivity index is 2.00. The van der Waals surface area contributed by atoms with Gasteiger partial charge in [0.1, 0.15) is 5.75 Å². The van der Waals surface area contributed by atoms with E-state index in [1.807, 2.05) is 0 Å². The van der Waals surface area contributed by atoms with Gasteiger partial charge >= 0.3 is 12.0 Å². The lowest BCUT2D eigenvalue weighted by Crippen LogP contribution is -2.48. The highest BCUT2D eigenvalue weighted by molar-refractivity contribution is 5.90. The number of amides is 2. The van der Waals surface area contributed by atoms with Crippen molar-refractivity contribution < 1.29 is 19.4 Å². The van der Waals surface area contributed by atoms with Gasteiger partial charge in [0.2, 0.25) is 0 Å². The average Bonchev–Trinajstić information content (AvgIpc) is 2.81. The van der Waals surface area contributed by atoms with Crippen molar-refractivity contribution in [3.05, 3.63) is 24.3 Å². The van der Waals surface area contributed by atoms with Gasteiger partial charge in [-0.3, -0.25) is 4.79 Å². The van der Waals surface area contributed by atoms with Gasteiger partial charge in [0.25, 0.3) is 0 Å². The van der Waals surface area contributed by atoms with E-state index < -0.39 is 17.4 Å². The van der Waals surface area contributed by atoms with Gasteiger partial charge in [-0.15, -0.1) is 0 Å². The fourth-order valence-corrected chi connectivity index (χ4v) is 2.68. The van der Waals surface area contributed by atoms with E-state index in [4.69, 9.17) is 4.74 Å². The van der Waals surface area contributed by atoms with Crippen LogP contribution in [0.2, 0.25) is 0 Å². The summed E-state index contributed by atoms with van der Waals surface area (Å²) in [6.07, 6.45) is 2.05. The number of aliphatic carboxylic acids is 1. The largest absolute Gasteiger partial charge is 0.497 e. The lowest BCUT2D eigenvalue weighted by molar-refractivity contribution is -0.148. The van der Waals surface area contributed by atoms with E-state index in [9.17, 15) is 14.7 Å². The summed E-state index contributed by atoms with van der Waals surface area (Å²) in [6, 6.07) is 6.23. The van der Waals surface area contributed by atoms with Gasteiger partial charge in [0.05, 0.1) is 12.5 Å². The molecule has 0 radical (unpaired) electrons. The standard InChI is InChI=1S/C15H20N2O4/c1-15(13(18)19)8-4-7-12(15)17-14(20)16-10-5-3-6-11(9-10)21-2/h3,5-6,9,12H,4,7-8H2,1-2H3,(H,18,19)(H2,16,17,20). The first-order chi connectivity index (χ1) is 9.95. The molecule has 0 bridgehead atoms. The maximum atomic E-state index is 12.0. The fourth-order valence-electron chi connectivity index (χ4n) is 2.68. The van der Waals surface area contributed by atoms with Crippen LogP contribution in [-0.4, -0.2) is 30.3 Å². The quantitative estimate of drug-likeness (QED) is 0.795. The molecule has 1 aliphatic carbocycles. The number of carbonyl (C=O) groups is 2. The van der Waals surface area contributed by atoms with E-state index in [2.05, 4.69) is 10.6 Å². The molecule has 0 heterocycles. The molecule has 3 N–H and O–H groups in total. The molecular formula is C15H20N2O4. The summed E-state index contributed by atoms with van der Waals surface area (Å²) >= 11 is 0. The summed E-state index contributed by atoms with van der Waals surface area (Å²) in [5.74, 6) is -0.226. The van der Waals surface area contributed by atoms with Crippen molar-refractivity contribution >= 4 is 17.7 Å². The zero-order valence-electron chi connectivity index (χ0n) is 12.2. The van der Waals surface area contributed by atoms with Crippen LogP contribution in [0.4, 0.5) is 10.5 Å². The molecule has 2 atom stereocenters. The molecule has 114 valence electrons. The molecule has 1 aromatic carbocycles. The van der Waals surface area contributed by atoms with Crippen molar-refractivity contribution in [2.24, 2.45) is 5.41 Å². The Bertz CT molecular complexity index is 546. The van der Waals surface area contributed by atoms with Crippen LogP contribution in [-0.2, 0) is 4.79 Å². The lowest BCUT2D eigenvalue weighted by atomic mass is 9.85. The van der Waals surface area contributed by atoms with E-state index >= 15 is 0 Å². The maximum Gasteiger partial charge on any atom is 0.319 e. The van der Waals surface area contributed by atoms with Gasteiger partial charge in [-0.1, -0.05) is 12.5 Å². The van der Waals surface area contributed by atoms with Gasteiger partial charge < -0.3 is 20.5 Å². The zero-order chi connectivity index (χ0) is 15.5. The van der Waals surface area contributed by atoms with Crippen LogP contribution in [0.5, 0.6) is 5.75 Å².